The Balaban J connectivity index is 1.92. The van der Waals surface area contributed by atoms with E-state index in [0.717, 1.165) is 22.7 Å². The van der Waals surface area contributed by atoms with Gasteiger partial charge in [-0.25, -0.2) is 8.42 Å². The SMILES string of the molecule is CCCCNC(=O)[C@@H](C)N(Cc1cccc(Cl)c1)C(=O)CN(c1ccc2c(c1)OCCO2)S(=O)(=O)CC. The topological polar surface area (TPSA) is 105 Å². The van der Waals surface area contributed by atoms with Crippen LogP contribution in [0.25, 0.3) is 0 Å². The van der Waals surface area contributed by atoms with Crippen molar-refractivity contribution in [2.45, 2.75) is 46.2 Å². The van der Waals surface area contributed by atoms with Crippen LogP contribution < -0.4 is 19.1 Å². The van der Waals surface area contributed by atoms with E-state index in [9.17, 15) is 18.0 Å². The van der Waals surface area contributed by atoms with Crippen LogP contribution in [0.1, 0.15) is 39.2 Å². The van der Waals surface area contributed by atoms with Gasteiger partial charge in [0.25, 0.3) is 0 Å². The summed E-state index contributed by atoms with van der Waals surface area (Å²) in [7, 11) is -3.84. The molecule has 202 valence electrons. The normalized spacial score (nSPS) is 13.5. The molecule has 1 aliphatic heterocycles. The highest BCUT2D eigenvalue weighted by Crippen LogP contribution is 2.35. The molecule has 11 heteroatoms. The Morgan fingerprint density at radius 3 is 2.49 bits per heavy atom. The fourth-order valence-corrected chi connectivity index (χ4v) is 5.12. The minimum atomic E-state index is -3.84. The van der Waals surface area contributed by atoms with Crippen molar-refractivity contribution in [1.29, 1.82) is 0 Å². The smallest absolute Gasteiger partial charge is 0.244 e. The van der Waals surface area contributed by atoms with Gasteiger partial charge in [-0.05, 0) is 50.1 Å². The monoisotopic (exact) mass is 551 g/mol. The lowest BCUT2D eigenvalue weighted by atomic mass is 10.1. The highest BCUT2D eigenvalue weighted by atomic mass is 35.5. The van der Waals surface area contributed by atoms with Crippen molar-refractivity contribution < 1.29 is 27.5 Å². The maximum Gasteiger partial charge on any atom is 0.244 e. The van der Waals surface area contributed by atoms with Gasteiger partial charge < -0.3 is 19.7 Å². The van der Waals surface area contributed by atoms with Crippen molar-refractivity contribution in [3.8, 4) is 11.5 Å². The summed E-state index contributed by atoms with van der Waals surface area (Å²) in [5.74, 6) is -0.129. The van der Waals surface area contributed by atoms with E-state index in [1.165, 1.54) is 11.8 Å². The van der Waals surface area contributed by atoms with Gasteiger partial charge in [0.15, 0.2) is 11.5 Å². The molecule has 0 saturated heterocycles. The first-order chi connectivity index (χ1) is 17.7. The molecular formula is C26H34ClN3O6S. The summed E-state index contributed by atoms with van der Waals surface area (Å²) in [6.07, 6.45) is 1.73. The number of amides is 2. The molecule has 2 aromatic rings. The summed E-state index contributed by atoms with van der Waals surface area (Å²) in [6, 6.07) is 10.9. The molecule has 0 spiro atoms. The molecule has 2 aromatic carbocycles. The van der Waals surface area contributed by atoms with Crippen LogP contribution in [0.4, 0.5) is 5.69 Å². The van der Waals surface area contributed by atoms with E-state index in [1.807, 2.05) is 6.92 Å². The highest BCUT2D eigenvalue weighted by Gasteiger charge is 2.31. The van der Waals surface area contributed by atoms with Crippen molar-refractivity contribution in [2.75, 3.05) is 36.4 Å². The first kappa shape index (κ1) is 28.6. The molecular weight excluding hydrogens is 518 g/mol. The number of nitrogens with zero attached hydrogens (tertiary/aromatic N) is 2. The van der Waals surface area contributed by atoms with Gasteiger partial charge in [-0.15, -0.1) is 0 Å². The van der Waals surface area contributed by atoms with Gasteiger partial charge in [-0.2, -0.15) is 0 Å². The summed E-state index contributed by atoms with van der Waals surface area (Å²) >= 11 is 6.14. The lowest BCUT2D eigenvalue weighted by Crippen LogP contribution is -2.51. The Morgan fingerprint density at radius 1 is 1.08 bits per heavy atom. The summed E-state index contributed by atoms with van der Waals surface area (Å²) in [6.45, 7) is 6.00. The second kappa shape index (κ2) is 13.0. The minimum absolute atomic E-state index is 0.0862. The predicted molar refractivity (Wildman–Crippen MR) is 144 cm³/mol. The maximum atomic E-state index is 13.7. The summed E-state index contributed by atoms with van der Waals surface area (Å²) in [4.78, 5) is 28.0. The number of halogens is 1. The largest absolute Gasteiger partial charge is 0.486 e. The molecule has 37 heavy (non-hydrogen) atoms. The van der Waals surface area contributed by atoms with Crippen LogP contribution >= 0.6 is 11.6 Å². The van der Waals surface area contributed by atoms with Crippen molar-refractivity contribution in [2.24, 2.45) is 0 Å². The zero-order valence-electron chi connectivity index (χ0n) is 21.4. The highest BCUT2D eigenvalue weighted by molar-refractivity contribution is 7.92. The van der Waals surface area contributed by atoms with Crippen LogP contribution in [-0.4, -0.2) is 63.2 Å². The number of benzene rings is 2. The van der Waals surface area contributed by atoms with Gasteiger partial charge in [-0.3, -0.25) is 13.9 Å². The molecule has 1 N–H and O–H groups in total. The van der Waals surface area contributed by atoms with Gasteiger partial charge in [0.2, 0.25) is 21.8 Å². The summed E-state index contributed by atoms with van der Waals surface area (Å²) in [5.41, 5.74) is 1.00. The van der Waals surface area contributed by atoms with Gasteiger partial charge in [-0.1, -0.05) is 37.1 Å². The van der Waals surface area contributed by atoms with Crippen LogP contribution in [-0.2, 0) is 26.2 Å². The number of rotatable bonds is 12. The Labute approximate surface area is 223 Å². The van der Waals surface area contributed by atoms with Crippen LogP contribution in [0.3, 0.4) is 0 Å². The quantitative estimate of drug-likeness (QED) is 0.404. The Kier molecular flexibility index (Phi) is 10.0. The van der Waals surface area contributed by atoms with Gasteiger partial charge in [0.05, 0.1) is 11.4 Å². The van der Waals surface area contributed by atoms with E-state index in [4.69, 9.17) is 21.1 Å². The van der Waals surface area contributed by atoms with Gasteiger partial charge in [0, 0.05) is 24.2 Å². The lowest BCUT2D eigenvalue weighted by Gasteiger charge is -2.32. The first-order valence-corrected chi connectivity index (χ1v) is 14.4. The fourth-order valence-electron chi connectivity index (χ4n) is 3.86. The standard InChI is InChI=1S/C26H34ClN3O6S/c1-4-6-12-28-26(32)19(3)29(17-20-8-7-9-21(27)15-20)25(31)18-30(37(33,34)5-2)22-10-11-23-24(16-22)36-14-13-35-23/h7-11,15-16,19H,4-6,12-14,17-18H2,1-3H3,(H,28,32)/t19-/m1/s1. The fraction of sp³-hybridized carbons (Fsp3) is 0.462. The Hall–Kier alpha value is -2.98. The zero-order chi connectivity index (χ0) is 27.0. The van der Waals surface area contributed by atoms with Gasteiger partial charge >= 0.3 is 0 Å². The number of carbonyl (C=O) groups excluding carboxylic acids is 2. The number of ether oxygens (including phenoxy) is 2. The second-order valence-electron chi connectivity index (χ2n) is 8.71. The molecule has 0 aromatic heterocycles. The molecule has 0 radical (unpaired) electrons. The first-order valence-electron chi connectivity index (χ1n) is 12.4. The second-order valence-corrected chi connectivity index (χ2v) is 11.3. The van der Waals surface area contributed by atoms with E-state index < -0.39 is 28.5 Å². The molecule has 1 aliphatic rings. The average Bonchev–Trinajstić information content (AvgIpc) is 2.89. The molecule has 0 bridgehead atoms. The molecule has 0 aliphatic carbocycles. The molecule has 1 heterocycles. The number of hydrogen-bond donors (Lipinski definition) is 1. The molecule has 0 unspecified atom stereocenters. The minimum Gasteiger partial charge on any atom is -0.486 e. The van der Waals surface area contributed by atoms with E-state index in [-0.39, 0.29) is 23.9 Å². The third-order valence-corrected chi connectivity index (χ3v) is 8.01. The zero-order valence-corrected chi connectivity index (χ0v) is 23.0. The van der Waals surface area contributed by atoms with Crippen LogP contribution in [0.2, 0.25) is 5.02 Å². The van der Waals surface area contributed by atoms with Crippen LogP contribution in [0.15, 0.2) is 42.5 Å². The molecule has 0 fully saturated rings. The van der Waals surface area contributed by atoms with Crippen molar-refractivity contribution in [1.82, 2.24) is 10.2 Å². The maximum absolute atomic E-state index is 13.7. The van der Waals surface area contributed by atoms with Crippen molar-refractivity contribution in [3.63, 3.8) is 0 Å². The summed E-state index contributed by atoms with van der Waals surface area (Å²) in [5, 5.41) is 3.35. The number of sulfonamides is 1. The number of anilines is 1. The van der Waals surface area contributed by atoms with E-state index in [1.54, 1.807) is 49.4 Å². The van der Waals surface area contributed by atoms with E-state index >= 15 is 0 Å². The van der Waals surface area contributed by atoms with Crippen molar-refractivity contribution >= 4 is 39.1 Å². The van der Waals surface area contributed by atoms with Crippen LogP contribution in [0, 0.1) is 0 Å². The Morgan fingerprint density at radius 2 is 1.81 bits per heavy atom. The number of carbonyl (C=O) groups is 2. The third kappa shape index (κ3) is 7.52. The predicted octanol–water partition coefficient (Wildman–Crippen LogP) is 3.60. The van der Waals surface area contributed by atoms with Crippen molar-refractivity contribution in [3.05, 3.63) is 53.1 Å². The van der Waals surface area contributed by atoms with Gasteiger partial charge in [0.1, 0.15) is 25.8 Å². The molecule has 1 atom stereocenters. The summed E-state index contributed by atoms with van der Waals surface area (Å²) < 4.78 is 38.4. The number of nitrogens with one attached hydrogen (secondary N) is 1. The number of fused-ring (bicyclic) bond motifs is 1. The average molecular weight is 552 g/mol. The third-order valence-electron chi connectivity index (χ3n) is 6.03. The molecule has 9 nitrogen and oxygen atoms in total. The van der Waals surface area contributed by atoms with Crippen LogP contribution in [0.5, 0.6) is 11.5 Å². The lowest BCUT2D eigenvalue weighted by molar-refractivity contribution is -0.139. The molecule has 2 amide bonds. The Bertz CT molecular complexity index is 1210. The molecule has 0 saturated carbocycles. The molecule has 3 rings (SSSR count). The number of unbranched alkanes of at least 4 members (excludes halogenated alkanes) is 1. The van der Waals surface area contributed by atoms with E-state index in [2.05, 4.69) is 5.32 Å². The number of hydrogen-bond acceptors (Lipinski definition) is 6. The van der Waals surface area contributed by atoms with E-state index in [0.29, 0.717) is 36.3 Å².